The number of amidine groups is 1. The highest BCUT2D eigenvalue weighted by Crippen LogP contribution is 2.36. The molecule has 0 fully saturated rings. The van der Waals surface area contributed by atoms with Gasteiger partial charge < -0.3 is 21.3 Å². The largest absolute Gasteiger partial charge is 0.495 e. The molecular formula is C27H26F3N7O2. The number of alkyl halides is 3. The Morgan fingerprint density at radius 3 is 2.41 bits per heavy atom. The van der Waals surface area contributed by atoms with Crippen molar-refractivity contribution in [1.29, 1.82) is 0 Å². The number of benzene rings is 3. The SMILES string of the molecule is COc1cc(C(F)(F)F)ccc1Nc1nc(-c2ccccc2)cn(-c2ccc(CC/C(=N/N)NN)cc2)c1=O. The van der Waals surface area contributed by atoms with E-state index < -0.39 is 17.3 Å². The van der Waals surface area contributed by atoms with E-state index >= 15 is 0 Å². The van der Waals surface area contributed by atoms with Crippen molar-refractivity contribution in [2.75, 3.05) is 12.4 Å². The van der Waals surface area contributed by atoms with E-state index in [-0.39, 0.29) is 17.3 Å². The molecule has 6 N–H and O–H groups in total. The molecule has 0 bridgehead atoms. The van der Waals surface area contributed by atoms with Crippen molar-refractivity contribution in [3.05, 3.63) is 100 Å². The molecule has 4 aromatic rings. The minimum Gasteiger partial charge on any atom is -0.495 e. The van der Waals surface area contributed by atoms with Gasteiger partial charge in [-0.1, -0.05) is 42.5 Å². The Morgan fingerprint density at radius 2 is 1.79 bits per heavy atom. The third-order valence-electron chi connectivity index (χ3n) is 5.94. The van der Waals surface area contributed by atoms with Crippen LogP contribution in [0.15, 0.2) is 88.9 Å². The summed E-state index contributed by atoms with van der Waals surface area (Å²) in [6.45, 7) is 0. The Balaban J connectivity index is 1.75. The Morgan fingerprint density at radius 1 is 1.08 bits per heavy atom. The van der Waals surface area contributed by atoms with Crippen molar-refractivity contribution < 1.29 is 17.9 Å². The van der Waals surface area contributed by atoms with E-state index in [0.29, 0.717) is 30.1 Å². The molecule has 0 aliphatic heterocycles. The molecule has 1 heterocycles. The zero-order valence-electron chi connectivity index (χ0n) is 20.9. The van der Waals surface area contributed by atoms with Crippen LogP contribution >= 0.6 is 0 Å². The summed E-state index contributed by atoms with van der Waals surface area (Å²) in [7, 11) is 1.25. The Hall–Kier alpha value is -4.84. The molecule has 39 heavy (non-hydrogen) atoms. The van der Waals surface area contributed by atoms with Crippen LogP contribution in [0, 0.1) is 0 Å². The molecular weight excluding hydrogens is 511 g/mol. The van der Waals surface area contributed by atoms with E-state index in [1.165, 1.54) is 17.7 Å². The second kappa shape index (κ2) is 11.7. The summed E-state index contributed by atoms with van der Waals surface area (Å²) in [6.07, 6.45) is -1.82. The van der Waals surface area contributed by atoms with Crippen LogP contribution in [0.1, 0.15) is 17.5 Å². The van der Waals surface area contributed by atoms with Gasteiger partial charge in [0.05, 0.1) is 24.1 Å². The molecule has 0 saturated carbocycles. The zero-order chi connectivity index (χ0) is 28.0. The highest BCUT2D eigenvalue weighted by Gasteiger charge is 2.31. The molecule has 0 radical (unpaired) electrons. The molecule has 0 aliphatic rings. The lowest BCUT2D eigenvalue weighted by Gasteiger charge is -2.16. The first-order chi connectivity index (χ1) is 18.7. The number of nitrogens with two attached hydrogens (primary N) is 2. The monoisotopic (exact) mass is 537 g/mol. The average Bonchev–Trinajstić information content (AvgIpc) is 2.95. The van der Waals surface area contributed by atoms with Gasteiger partial charge in [0.15, 0.2) is 5.82 Å². The number of hydrazine groups is 1. The number of anilines is 2. The smallest absolute Gasteiger partial charge is 0.416 e. The number of nitrogens with one attached hydrogen (secondary N) is 2. The third-order valence-corrected chi connectivity index (χ3v) is 5.94. The van der Waals surface area contributed by atoms with Gasteiger partial charge in [0.25, 0.3) is 5.56 Å². The fourth-order valence-corrected chi connectivity index (χ4v) is 3.87. The minimum absolute atomic E-state index is 0.0839. The number of rotatable bonds is 8. The fraction of sp³-hybridized carbons (Fsp3) is 0.148. The first-order valence-corrected chi connectivity index (χ1v) is 11.8. The summed E-state index contributed by atoms with van der Waals surface area (Å²) < 4.78 is 46.2. The van der Waals surface area contributed by atoms with Gasteiger partial charge in [-0.25, -0.2) is 10.8 Å². The Bertz CT molecular complexity index is 1520. The quantitative estimate of drug-likeness (QED) is 0.114. The number of ether oxygens (including phenoxy) is 1. The van der Waals surface area contributed by atoms with Crippen molar-refractivity contribution in [2.24, 2.45) is 16.8 Å². The Kier molecular flexibility index (Phi) is 8.15. The standard InChI is InChI=1S/C27H26F3N7O2/c1-39-23-15-19(27(28,29)30)10-13-21(23)33-25-26(38)37(16-22(34-25)18-5-3-2-4-6-18)20-11-7-17(8-12-20)9-14-24(35-31)36-32/h2-8,10-13,15-16H,9,14,31-32H2,1H3,(H,33,34)(H,35,36). The molecule has 3 aromatic carbocycles. The first-order valence-electron chi connectivity index (χ1n) is 11.8. The number of halogens is 3. The molecule has 4 rings (SSSR count). The predicted octanol–water partition coefficient (Wildman–Crippen LogP) is 4.34. The molecule has 9 nitrogen and oxygen atoms in total. The van der Waals surface area contributed by atoms with Crippen LogP contribution in [0.2, 0.25) is 0 Å². The van der Waals surface area contributed by atoms with Gasteiger partial charge in [-0.3, -0.25) is 9.36 Å². The van der Waals surface area contributed by atoms with Crippen LogP contribution in [0.5, 0.6) is 5.75 Å². The molecule has 12 heteroatoms. The summed E-state index contributed by atoms with van der Waals surface area (Å²) in [5.41, 5.74) is 3.97. The van der Waals surface area contributed by atoms with E-state index in [9.17, 15) is 18.0 Å². The maximum Gasteiger partial charge on any atom is 0.416 e. The summed E-state index contributed by atoms with van der Waals surface area (Å²) in [4.78, 5) is 18.0. The van der Waals surface area contributed by atoms with E-state index in [1.54, 1.807) is 18.3 Å². The molecule has 0 atom stereocenters. The lowest BCUT2D eigenvalue weighted by molar-refractivity contribution is -0.137. The first kappa shape index (κ1) is 27.2. The maximum absolute atomic E-state index is 13.5. The van der Waals surface area contributed by atoms with Gasteiger partial charge in [-0.05, 0) is 42.3 Å². The second-order valence-corrected chi connectivity index (χ2v) is 8.44. The molecule has 202 valence electrons. The van der Waals surface area contributed by atoms with Gasteiger partial charge in [0.2, 0.25) is 0 Å². The van der Waals surface area contributed by atoms with Crippen LogP contribution in [-0.4, -0.2) is 22.5 Å². The molecule has 0 spiro atoms. The average molecular weight is 538 g/mol. The van der Waals surface area contributed by atoms with E-state index in [0.717, 1.165) is 23.3 Å². The van der Waals surface area contributed by atoms with Crippen LogP contribution in [0.3, 0.4) is 0 Å². The third kappa shape index (κ3) is 6.36. The van der Waals surface area contributed by atoms with Crippen LogP contribution in [0.25, 0.3) is 16.9 Å². The molecule has 0 saturated heterocycles. The molecule has 0 unspecified atom stereocenters. The van der Waals surface area contributed by atoms with Crippen molar-refractivity contribution >= 4 is 17.3 Å². The van der Waals surface area contributed by atoms with Gasteiger partial charge >= 0.3 is 6.18 Å². The van der Waals surface area contributed by atoms with Crippen LogP contribution in [-0.2, 0) is 12.6 Å². The maximum atomic E-state index is 13.5. The lowest BCUT2D eigenvalue weighted by Crippen LogP contribution is -2.31. The van der Waals surface area contributed by atoms with Crippen molar-refractivity contribution in [2.45, 2.75) is 19.0 Å². The number of aromatic nitrogens is 2. The van der Waals surface area contributed by atoms with E-state index in [1.807, 2.05) is 42.5 Å². The highest BCUT2D eigenvalue weighted by molar-refractivity contribution is 5.81. The van der Waals surface area contributed by atoms with Crippen LogP contribution in [0.4, 0.5) is 24.7 Å². The molecule has 0 amide bonds. The summed E-state index contributed by atoms with van der Waals surface area (Å²) >= 11 is 0. The summed E-state index contributed by atoms with van der Waals surface area (Å²) in [5, 5.41) is 6.43. The van der Waals surface area contributed by atoms with Crippen LogP contribution < -0.4 is 32.7 Å². The van der Waals surface area contributed by atoms with Crippen molar-refractivity contribution in [3.63, 3.8) is 0 Å². The lowest BCUT2D eigenvalue weighted by atomic mass is 10.1. The van der Waals surface area contributed by atoms with Gasteiger partial charge in [0, 0.05) is 23.9 Å². The van der Waals surface area contributed by atoms with Gasteiger partial charge in [0.1, 0.15) is 11.6 Å². The van der Waals surface area contributed by atoms with Gasteiger partial charge in [-0.15, -0.1) is 0 Å². The summed E-state index contributed by atoms with van der Waals surface area (Å²) in [5.74, 6) is 10.9. The van der Waals surface area contributed by atoms with E-state index in [4.69, 9.17) is 16.4 Å². The predicted molar refractivity (Wildman–Crippen MR) is 144 cm³/mol. The number of hydrazone groups is 1. The fourth-order valence-electron chi connectivity index (χ4n) is 3.87. The van der Waals surface area contributed by atoms with Gasteiger partial charge in [-0.2, -0.15) is 18.3 Å². The summed E-state index contributed by atoms with van der Waals surface area (Å²) in [6, 6.07) is 19.5. The minimum atomic E-state index is -4.55. The molecule has 1 aromatic heterocycles. The normalized spacial score (nSPS) is 11.8. The number of methoxy groups -OCH3 is 1. The second-order valence-electron chi connectivity index (χ2n) is 8.44. The number of hydrogen-bond acceptors (Lipinski definition) is 7. The number of hydrogen-bond donors (Lipinski definition) is 4. The van der Waals surface area contributed by atoms with Crippen molar-refractivity contribution in [1.82, 2.24) is 15.0 Å². The number of aryl methyl sites for hydroxylation is 1. The topological polar surface area (TPSA) is 133 Å². The van der Waals surface area contributed by atoms with E-state index in [2.05, 4.69) is 20.8 Å². The molecule has 0 aliphatic carbocycles. The Labute approximate surface area is 221 Å². The van der Waals surface area contributed by atoms with Crippen molar-refractivity contribution in [3.8, 4) is 22.7 Å². The number of nitrogens with zero attached hydrogens (tertiary/aromatic N) is 3. The highest BCUT2D eigenvalue weighted by atomic mass is 19.4. The zero-order valence-corrected chi connectivity index (χ0v) is 20.9.